The number of amides is 1. The van der Waals surface area contributed by atoms with Gasteiger partial charge in [-0.25, -0.2) is 0 Å². The molecule has 106 valence electrons. The number of primary amides is 1. The van der Waals surface area contributed by atoms with E-state index in [1.807, 2.05) is 0 Å². The van der Waals surface area contributed by atoms with Gasteiger partial charge in [-0.2, -0.15) is 0 Å². The Kier molecular flexibility index (Phi) is 4.29. The molecule has 0 radical (unpaired) electrons. The van der Waals surface area contributed by atoms with Crippen molar-refractivity contribution in [1.29, 1.82) is 0 Å². The summed E-state index contributed by atoms with van der Waals surface area (Å²) in [5.74, 6) is -0.473. The average Bonchev–Trinajstić information content (AvgIpc) is 2.77. The Balaban J connectivity index is 2.15. The van der Waals surface area contributed by atoms with E-state index >= 15 is 0 Å². The molecule has 1 unspecified atom stereocenters. The monoisotopic (exact) mass is 289 g/mol. The number of thiophene rings is 1. The van der Waals surface area contributed by atoms with E-state index in [1.54, 1.807) is 29.5 Å². The number of benzene rings is 1. The lowest BCUT2D eigenvalue weighted by molar-refractivity contribution is 0.100. The van der Waals surface area contributed by atoms with Gasteiger partial charge in [-0.05, 0) is 38.1 Å². The molecule has 0 aliphatic carbocycles. The number of aryl methyl sites for hydroxylation is 1. The van der Waals surface area contributed by atoms with Crippen molar-refractivity contribution < 1.29 is 4.79 Å². The van der Waals surface area contributed by atoms with Crippen molar-refractivity contribution in [2.24, 2.45) is 5.73 Å². The van der Waals surface area contributed by atoms with Gasteiger partial charge in [0, 0.05) is 22.2 Å². The third-order valence-electron chi connectivity index (χ3n) is 3.06. The highest BCUT2D eigenvalue weighted by molar-refractivity contribution is 7.11. The van der Waals surface area contributed by atoms with Gasteiger partial charge in [0.15, 0.2) is 0 Å². The zero-order chi connectivity index (χ0) is 14.7. The number of rotatable bonds is 5. The molecule has 1 aromatic heterocycles. The standard InChI is InChI=1S/C15H19N3OS/c1-9(8-11-7-6-10(2)20-11)18-14-12(15(17)19)4-3-5-13(14)16/h3-7,9,18H,8,16H2,1-2H3,(H2,17,19). The minimum atomic E-state index is -0.473. The fraction of sp³-hybridized carbons (Fsp3) is 0.267. The molecule has 4 nitrogen and oxygen atoms in total. The number of nitrogen functional groups attached to an aromatic ring is 1. The number of hydrogen-bond acceptors (Lipinski definition) is 4. The van der Waals surface area contributed by atoms with Crippen LogP contribution >= 0.6 is 11.3 Å². The minimum Gasteiger partial charge on any atom is -0.397 e. The summed E-state index contributed by atoms with van der Waals surface area (Å²) in [5, 5.41) is 3.30. The van der Waals surface area contributed by atoms with E-state index < -0.39 is 5.91 Å². The topological polar surface area (TPSA) is 81.1 Å². The van der Waals surface area contributed by atoms with Crippen LogP contribution in [0.15, 0.2) is 30.3 Å². The van der Waals surface area contributed by atoms with Gasteiger partial charge in [-0.1, -0.05) is 6.07 Å². The van der Waals surface area contributed by atoms with Crippen LogP contribution in [0, 0.1) is 6.92 Å². The van der Waals surface area contributed by atoms with E-state index in [4.69, 9.17) is 11.5 Å². The predicted molar refractivity (Wildman–Crippen MR) is 85.2 cm³/mol. The number of nitrogens with one attached hydrogen (secondary N) is 1. The number of anilines is 2. The molecule has 2 rings (SSSR count). The van der Waals surface area contributed by atoms with Crippen molar-refractivity contribution in [3.05, 3.63) is 45.6 Å². The quantitative estimate of drug-likeness (QED) is 0.740. The van der Waals surface area contributed by atoms with Crippen molar-refractivity contribution in [2.75, 3.05) is 11.1 Å². The Morgan fingerprint density at radius 3 is 2.70 bits per heavy atom. The second-order valence-electron chi connectivity index (χ2n) is 4.90. The van der Waals surface area contributed by atoms with Crippen molar-refractivity contribution in [1.82, 2.24) is 0 Å². The van der Waals surface area contributed by atoms with E-state index in [9.17, 15) is 4.79 Å². The maximum Gasteiger partial charge on any atom is 0.250 e. The van der Waals surface area contributed by atoms with Gasteiger partial charge in [0.2, 0.25) is 0 Å². The number of hydrogen-bond donors (Lipinski definition) is 3. The van der Waals surface area contributed by atoms with Crippen LogP contribution in [0.4, 0.5) is 11.4 Å². The van der Waals surface area contributed by atoms with E-state index in [2.05, 4.69) is 31.3 Å². The van der Waals surface area contributed by atoms with E-state index in [1.165, 1.54) is 9.75 Å². The summed E-state index contributed by atoms with van der Waals surface area (Å²) in [6, 6.07) is 9.57. The first-order chi connectivity index (χ1) is 9.47. The Morgan fingerprint density at radius 2 is 2.10 bits per heavy atom. The first kappa shape index (κ1) is 14.4. The summed E-state index contributed by atoms with van der Waals surface area (Å²) in [6.45, 7) is 4.15. The SMILES string of the molecule is Cc1ccc(CC(C)Nc2c(N)cccc2C(N)=O)s1. The highest BCUT2D eigenvalue weighted by Gasteiger charge is 2.14. The van der Waals surface area contributed by atoms with Gasteiger partial charge in [0.05, 0.1) is 16.9 Å². The third-order valence-corrected chi connectivity index (χ3v) is 4.08. The third kappa shape index (κ3) is 3.30. The molecule has 1 aromatic carbocycles. The lowest BCUT2D eigenvalue weighted by Crippen LogP contribution is -2.22. The van der Waals surface area contributed by atoms with Crippen molar-refractivity contribution in [3.63, 3.8) is 0 Å². The zero-order valence-electron chi connectivity index (χ0n) is 11.6. The molecule has 0 bridgehead atoms. The van der Waals surface area contributed by atoms with Gasteiger partial charge in [-0.3, -0.25) is 4.79 Å². The maximum atomic E-state index is 11.4. The molecule has 20 heavy (non-hydrogen) atoms. The molecule has 5 heteroatoms. The van der Waals surface area contributed by atoms with Crippen LogP contribution in [0.25, 0.3) is 0 Å². The van der Waals surface area contributed by atoms with Crippen LogP contribution in [0.5, 0.6) is 0 Å². The van der Waals surface area contributed by atoms with Crippen LogP contribution in [0.2, 0.25) is 0 Å². The minimum absolute atomic E-state index is 0.163. The molecule has 1 atom stereocenters. The van der Waals surface area contributed by atoms with Gasteiger partial charge < -0.3 is 16.8 Å². The molecule has 1 amide bonds. The highest BCUT2D eigenvalue weighted by Crippen LogP contribution is 2.25. The molecular weight excluding hydrogens is 270 g/mol. The molecule has 0 saturated carbocycles. The lowest BCUT2D eigenvalue weighted by atomic mass is 10.1. The number of carbonyl (C=O) groups is 1. The zero-order valence-corrected chi connectivity index (χ0v) is 12.5. The molecule has 5 N–H and O–H groups in total. The largest absolute Gasteiger partial charge is 0.397 e. The Hall–Kier alpha value is -2.01. The smallest absolute Gasteiger partial charge is 0.250 e. The summed E-state index contributed by atoms with van der Waals surface area (Å²) >= 11 is 1.78. The van der Waals surface area contributed by atoms with E-state index in [-0.39, 0.29) is 6.04 Å². The predicted octanol–water partition coefficient (Wildman–Crippen LogP) is 2.78. The maximum absolute atomic E-state index is 11.4. The Bertz CT molecular complexity index is 621. The molecule has 0 aliphatic rings. The normalized spacial score (nSPS) is 12.1. The molecule has 1 heterocycles. The molecule has 0 saturated heterocycles. The van der Waals surface area contributed by atoms with Gasteiger partial charge in [0.1, 0.15) is 0 Å². The Morgan fingerprint density at radius 1 is 1.35 bits per heavy atom. The number of carbonyl (C=O) groups excluding carboxylic acids is 1. The summed E-state index contributed by atoms with van der Waals surface area (Å²) in [7, 11) is 0. The second-order valence-corrected chi connectivity index (χ2v) is 6.27. The first-order valence-corrected chi connectivity index (χ1v) is 7.29. The van der Waals surface area contributed by atoms with Crippen molar-refractivity contribution in [2.45, 2.75) is 26.3 Å². The fourth-order valence-electron chi connectivity index (χ4n) is 2.13. The Labute approximate surface area is 122 Å². The summed E-state index contributed by atoms with van der Waals surface area (Å²) in [6.07, 6.45) is 0.880. The van der Waals surface area contributed by atoms with Gasteiger partial charge in [0.25, 0.3) is 5.91 Å². The molecule has 0 aliphatic heterocycles. The fourth-order valence-corrected chi connectivity index (χ4v) is 3.15. The summed E-state index contributed by atoms with van der Waals surface area (Å²) < 4.78 is 0. The number of para-hydroxylation sites is 1. The van der Waals surface area contributed by atoms with Crippen LogP contribution < -0.4 is 16.8 Å². The second kappa shape index (κ2) is 5.96. The van der Waals surface area contributed by atoms with Crippen LogP contribution in [0.1, 0.15) is 27.0 Å². The van der Waals surface area contributed by atoms with Crippen molar-refractivity contribution in [3.8, 4) is 0 Å². The first-order valence-electron chi connectivity index (χ1n) is 6.47. The van der Waals surface area contributed by atoms with Crippen LogP contribution in [0.3, 0.4) is 0 Å². The lowest BCUT2D eigenvalue weighted by Gasteiger charge is -2.18. The van der Waals surface area contributed by atoms with Crippen LogP contribution in [-0.4, -0.2) is 11.9 Å². The van der Waals surface area contributed by atoms with Crippen molar-refractivity contribution >= 4 is 28.6 Å². The van der Waals surface area contributed by atoms with E-state index in [0.717, 1.165) is 6.42 Å². The molecule has 2 aromatic rings. The molecule has 0 spiro atoms. The average molecular weight is 289 g/mol. The highest BCUT2D eigenvalue weighted by atomic mass is 32.1. The molecule has 0 fully saturated rings. The number of nitrogens with two attached hydrogens (primary N) is 2. The molecular formula is C15H19N3OS. The van der Waals surface area contributed by atoms with E-state index in [0.29, 0.717) is 16.9 Å². The summed E-state index contributed by atoms with van der Waals surface area (Å²) in [4.78, 5) is 14.0. The van der Waals surface area contributed by atoms with Gasteiger partial charge in [-0.15, -0.1) is 11.3 Å². The summed E-state index contributed by atoms with van der Waals surface area (Å²) in [5.41, 5.74) is 12.9. The van der Waals surface area contributed by atoms with Gasteiger partial charge >= 0.3 is 0 Å². The van der Waals surface area contributed by atoms with Crippen LogP contribution in [-0.2, 0) is 6.42 Å².